The van der Waals surface area contributed by atoms with Gasteiger partial charge >= 0.3 is 0 Å². The van der Waals surface area contributed by atoms with Gasteiger partial charge in [-0.2, -0.15) is 0 Å². The Morgan fingerprint density at radius 1 is 1.43 bits per heavy atom. The lowest BCUT2D eigenvalue weighted by Crippen LogP contribution is -2.53. The van der Waals surface area contributed by atoms with Crippen LogP contribution in [0.5, 0.6) is 0 Å². The number of likely N-dealkylation sites (tertiary alicyclic amines) is 1. The lowest BCUT2D eigenvalue weighted by molar-refractivity contribution is 0.0424. The number of rotatable bonds is 6. The van der Waals surface area contributed by atoms with Gasteiger partial charge in [-0.25, -0.2) is 0 Å². The molecule has 1 heterocycles. The van der Waals surface area contributed by atoms with E-state index < -0.39 is 0 Å². The highest BCUT2D eigenvalue weighted by molar-refractivity contribution is 4.83. The molecule has 0 atom stereocenters. The van der Waals surface area contributed by atoms with Gasteiger partial charge in [-0.3, -0.25) is 0 Å². The molecule has 1 fully saturated rings. The fourth-order valence-electron chi connectivity index (χ4n) is 1.93. The Kier molecular flexibility index (Phi) is 4.85. The highest BCUT2D eigenvalue weighted by atomic mass is 16.5. The highest BCUT2D eigenvalue weighted by Gasteiger charge is 2.28. The van der Waals surface area contributed by atoms with E-state index in [4.69, 9.17) is 4.74 Å². The molecule has 1 rings (SSSR count). The molecule has 1 aliphatic heterocycles. The Labute approximate surface area is 88.0 Å². The Bertz CT molecular complexity index is 155. The van der Waals surface area contributed by atoms with E-state index in [2.05, 4.69) is 30.7 Å². The van der Waals surface area contributed by atoms with Crippen LogP contribution in [0.4, 0.5) is 0 Å². The van der Waals surface area contributed by atoms with Gasteiger partial charge < -0.3 is 14.5 Å². The summed E-state index contributed by atoms with van der Waals surface area (Å²) in [5.41, 5.74) is 0. The molecule has 0 radical (unpaired) electrons. The summed E-state index contributed by atoms with van der Waals surface area (Å²) in [4.78, 5) is 4.89. The normalized spacial score (nSPS) is 19.3. The molecule has 0 bridgehead atoms. The summed E-state index contributed by atoms with van der Waals surface area (Å²) in [6.45, 7) is 10.2. The van der Waals surface area contributed by atoms with E-state index in [1.54, 1.807) is 7.11 Å². The van der Waals surface area contributed by atoms with Crippen LogP contribution in [0.15, 0.2) is 0 Å². The largest absolute Gasteiger partial charge is 0.383 e. The summed E-state index contributed by atoms with van der Waals surface area (Å²) in [6, 6.07) is 0.718. The summed E-state index contributed by atoms with van der Waals surface area (Å²) < 4.78 is 5.05. The van der Waals surface area contributed by atoms with Crippen LogP contribution in [-0.4, -0.2) is 62.8 Å². The molecule has 0 aromatic carbocycles. The molecule has 0 unspecified atom stereocenters. The second-order valence-electron chi connectivity index (χ2n) is 4.67. The smallest absolute Gasteiger partial charge is 0.0589 e. The average molecular weight is 200 g/mol. The fraction of sp³-hybridized carbons (Fsp3) is 1.00. The van der Waals surface area contributed by atoms with Crippen LogP contribution >= 0.6 is 0 Å². The molecule has 0 aliphatic carbocycles. The molecule has 0 spiro atoms. The third kappa shape index (κ3) is 3.56. The average Bonchev–Trinajstić information content (AvgIpc) is 2.06. The second kappa shape index (κ2) is 5.69. The minimum atomic E-state index is 0.718. The van der Waals surface area contributed by atoms with E-state index in [1.807, 2.05) is 0 Å². The van der Waals surface area contributed by atoms with Crippen molar-refractivity contribution >= 4 is 0 Å². The van der Waals surface area contributed by atoms with Crippen LogP contribution in [0.1, 0.15) is 13.8 Å². The quantitative estimate of drug-likeness (QED) is 0.634. The Hall–Kier alpha value is -0.120. The zero-order chi connectivity index (χ0) is 10.6. The van der Waals surface area contributed by atoms with Crippen LogP contribution in [0.2, 0.25) is 0 Å². The zero-order valence-corrected chi connectivity index (χ0v) is 9.99. The van der Waals surface area contributed by atoms with E-state index in [9.17, 15) is 0 Å². The molecule has 0 saturated carbocycles. The van der Waals surface area contributed by atoms with Crippen molar-refractivity contribution in [3.63, 3.8) is 0 Å². The van der Waals surface area contributed by atoms with Crippen molar-refractivity contribution in [3.8, 4) is 0 Å². The van der Waals surface area contributed by atoms with Gasteiger partial charge in [0, 0.05) is 39.3 Å². The number of methoxy groups -OCH3 is 1. The van der Waals surface area contributed by atoms with Crippen molar-refractivity contribution in [3.05, 3.63) is 0 Å². The van der Waals surface area contributed by atoms with E-state index in [0.29, 0.717) is 0 Å². The maximum absolute atomic E-state index is 5.05. The lowest BCUT2D eigenvalue weighted by Gasteiger charge is -2.43. The van der Waals surface area contributed by atoms with Gasteiger partial charge in [0.1, 0.15) is 0 Å². The fourth-order valence-corrected chi connectivity index (χ4v) is 1.93. The van der Waals surface area contributed by atoms with E-state index in [1.165, 1.54) is 19.6 Å². The number of ether oxygens (including phenoxy) is 1. The molecular weight excluding hydrogens is 176 g/mol. The molecule has 3 nitrogen and oxygen atoms in total. The Balaban J connectivity index is 2.04. The molecule has 0 N–H and O–H groups in total. The van der Waals surface area contributed by atoms with Gasteiger partial charge in [-0.15, -0.1) is 0 Å². The predicted molar refractivity (Wildman–Crippen MR) is 59.6 cm³/mol. The SMILES string of the molecule is COCCN(C)CC1CN(C(C)C)C1. The molecular formula is C11H24N2O. The summed E-state index contributed by atoms with van der Waals surface area (Å²) in [6.07, 6.45) is 0. The minimum Gasteiger partial charge on any atom is -0.383 e. The van der Waals surface area contributed by atoms with Crippen molar-refractivity contribution in [1.29, 1.82) is 0 Å². The molecule has 14 heavy (non-hydrogen) atoms. The predicted octanol–water partition coefficient (Wildman–Crippen LogP) is 0.905. The Morgan fingerprint density at radius 2 is 2.07 bits per heavy atom. The molecule has 1 aliphatic rings. The molecule has 0 aromatic heterocycles. The molecule has 84 valence electrons. The molecule has 0 amide bonds. The van der Waals surface area contributed by atoms with Crippen LogP contribution in [-0.2, 0) is 4.74 Å². The van der Waals surface area contributed by atoms with E-state index >= 15 is 0 Å². The van der Waals surface area contributed by atoms with Gasteiger partial charge in [0.15, 0.2) is 0 Å². The van der Waals surface area contributed by atoms with Gasteiger partial charge in [-0.1, -0.05) is 0 Å². The standard InChI is InChI=1S/C11H24N2O/c1-10(2)13-8-11(9-13)7-12(3)5-6-14-4/h10-11H,5-9H2,1-4H3. The number of hydrogen-bond donors (Lipinski definition) is 0. The molecule has 3 heteroatoms. The lowest BCUT2D eigenvalue weighted by atomic mass is 9.98. The third-order valence-electron chi connectivity index (χ3n) is 2.96. The molecule has 1 saturated heterocycles. The first-order valence-electron chi connectivity index (χ1n) is 5.55. The van der Waals surface area contributed by atoms with Gasteiger partial charge in [0.2, 0.25) is 0 Å². The third-order valence-corrected chi connectivity index (χ3v) is 2.96. The summed E-state index contributed by atoms with van der Waals surface area (Å²) in [5.74, 6) is 0.874. The number of likely N-dealkylation sites (N-methyl/N-ethyl adjacent to an activating group) is 1. The highest BCUT2D eigenvalue weighted by Crippen LogP contribution is 2.18. The summed E-state index contributed by atoms with van der Waals surface area (Å²) in [7, 11) is 3.94. The summed E-state index contributed by atoms with van der Waals surface area (Å²) >= 11 is 0. The van der Waals surface area contributed by atoms with Gasteiger partial charge in [0.05, 0.1) is 6.61 Å². The first-order chi connectivity index (χ1) is 6.63. The molecule has 0 aromatic rings. The maximum Gasteiger partial charge on any atom is 0.0589 e. The Morgan fingerprint density at radius 3 is 2.57 bits per heavy atom. The number of hydrogen-bond acceptors (Lipinski definition) is 3. The topological polar surface area (TPSA) is 15.7 Å². The minimum absolute atomic E-state index is 0.718. The van der Waals surface area contributed by atoms with Crippen molar-refractivity contribution in [1.82, 2.24) is 9.80 Å². The van der Waals surface area contributed by atoms with Gasteiger partial charge in [-0.05, 0) is 26.8 Å². The van der Waals surface area contributed by atoms with Crippen molar-refractivity contribution in [2.45, 2.75) is 19.9 Å². The monoisotopic (exact) mass is 200 g/mol. The number of nitrogens with zero attached hydrogens (tertiary/aromatic N) is 2. The van der Waals surface area contributed by atoms with Crippen molar-refractivity contribution in [2.75, 3.05) is 46.9 Å². The summed E-state index contributed by atoms with van der Waals surface area (Å²) in [5, 5.41) is 0. The van der Waals surface area contributed by atoms with Crippen LogP contribution in [0, 0.1) is 5.92 Å². The van der Waals surface area contributed by atoms with Crippen molar-refractivity contribution < 1.29 is 4.74 Å². The first kappa shape index (κ1) is 12.0. The van der Waals surface area contributed by atoms with Crippen molar-refractivity contribution in [2.24, 2.45) is 5.92 Å². The van der Waals surface area contributed by atoms with Crippen LogP contribution in [0.3, 0.4) is 0 Å². The van der Waals surface area contributed by atoms with E-state index in [-0.39, 0.29) is 0 Å². The van der Waals surface area contributed by atoms with E-state index in [0.717, 1.165) is 25.1 Å². The van der Waals surface area contributed by atoms with Gasteiger partial charge in [0.25, 0.3) is 0 Å². The first-order valence-corrected chi connectivity index (χ1v) is 5.55. The second-order valence-corrected chi connectivity index (χ2v) is 4.67. The zero-order valence-electron chi connectivity index (χ0n) is 9.99. The maximum atomic E-state index is 5.05. The van der Waals surface area contributed by atoms with Crippen LogP contribution < -0.4 is 0 Å². The van der Waals surface area contributed by atoms with Crippen LogP contribution in [0.25, 0.3) is 0 Å².